The first-order chi connectivity index (χ1) is 15.9. The predicted molar refractivity (Wildman–Crippen MR) is 144 cm³/mol. The van der Waals surface area contributed by atoms with Gasteiger partial charge in [0.25, 0.3) is 0 Å². The van der Waals surface area contributed by atoms with Crippen LogP contribution in [-0.4, -0.2) is 10.8 Å². The molecular formula is C29H24INO2. The molecule has 0 fully saturated rings. The topological polar surface area (TPSA) is 41.8 Å². The van der Waals surface area contributed by atoms with E-state index >= 15 is 0 Å². The van der Waals surface area contributed by atoms with Gasteiger partial charge in [-0.1, -0.05) is 32.1 Å². The molecule has 0 aromatic heterocycles. The summed E-state index contributed by atoms with van der Waals surface area (Å²) in [7, 11) is 0. The molecule has 3 aliphatic rings. The van der Waals surface area contributed by atoms with E-state index < -0.39 is 0 Å². The van der Waals surface area contributed by atoms with Gasteiger partial charge in [0.2, 0.25) is 0 Å². The number of phenolic OH excluding ortho intramolecular Hbond substituents is 1. The Bertz CT molecular complexity index is 1460. The van der Waals surface area contributed by atoms with Gasteiger partial charge in [0.15, 0.2) is 0 Å². The highest BCUT2D eigenvalue weighted by Gasteiger charge is 2.35. The van der Waals surface area contributed by atoms with Crippen molar-refractivity contribution in [3.8, 4) is 11.5 Å². The van der Waals surface area contributed by atoms with Crippen LogP contribution in [-0.2, 0) is 5.41 Å². The molecule has 0 unspecified atom stereocenters. The van der Waals surface area contributed by atoms with Gasteiger partial charge in [-0.3, -0.25) is 4.99 Å². The second-order valence-corrected chi connectivity index (χ2v) is 10.7. The second-order valence-electron chi connectivity index (χ2n) is 9.48. The van der Waals surface area contributed by atoms with Crippen molar-refractivity contribution >= 4 is 50.8 Å². The third kappa shape index (κ3) is 3.43. The highest BCUT2D eigenvalue weighted by molar-refractivity contribution is 14.1. The Morgan fingerprint density at radius 3 is 2.79 bits per heavy atom. The van der Waals surface area contributed by atoms with Gasteiger partial charge in [-0.25, -0.2) is 0 Å². The molecule has 3 aromatic rings. The van der Waals surface area contributed by atoms with Crippen molar-refractivity contribution in [3.63, 3.8) is 0 Å². The van der Waals surface area contributed by atoms with Crippen molar-refractivity contribution in [1.29, 1.82) is 0 Å². The number of rotatable bonds is 2. The molecule has 0 atom stereocenters. The standard InChI is InChI=1S/C29H24INO2/c1-29(2)26(31-24-12-7-18-15-21(30)9-11-23(18)27(24)29)13-8-17-4-3-5-20-14-19-6-10-22(32)16-25(19)33-28(17)20/h6-16,32H,3-5H2,1-2H3/b13-8+. The normalized spacial score (nSPS) is 18.5. The van der Waals surface area contributed by atoms with Crippen LogP contribution in [0.3, 0.4) is 0 Å². The van der Waals surface area contributed by atoms with E-state index in [2.05, 4.69) is 85.0 Å². The largest absolute Gasteiger partial charge is 0.508 e. The van der Waals surface area contributed by atoms with E-state index in [1.165, 1.54) is 31.1 Å². The fourth-order valence-corrected chi connectivity index (χ4v) is 5.74. The zero-order valence-corrected chi connectivity index (χ0v) is 20.8. The van der Waals surface area contributed by atoms with Gasteiger partial charge in [-0.15, -0.1) is 0 Å². The van der Waals surface area contributed by atoms with Gasteiger partial charge < -0.3 is 9.84 Å². The van der Waals surface area contributed by atoms with E-state index in [-0.39, 0.29) is 11.2 Å². The lowest BCUT2D eigenvalue weighted by Crippen LogP contribution is -2.24. The van der Waals surface area contributed by atoms with E-state index in [9.17, 15) is 5.11 Å². The van der Waals surface area contributed by atoms with Crippen LogP contribution in [0.5, 0.6) is 11.5 Å². The van der Waals surface area contributed by atoms with Crippen molar-refractivity contribution < 1.29 is 9.84 Å². The lowest BCUT2D eigenvalue weighted by molar-refractivity contribution is 0.404. The lowest BCUT2D eigenvalue weighted by Gasteiger charge is -2.27. The van der Waals surface area contributed by atoms with Crippen molar-refractivity contribution in [2.75, 3.05) is 0 Å². The summed E-state index contributed by atoms with van der Waals surface area (Å²) < 4.78 is 7.53. The summed E-state index contributed by atoms with van der Waals surface area (Å²) in [6.07, 6.45) is 9.64. The summed E-state index contributed by atoms with van der Waals surface area (Å²) in [5, 5.41) is 12.4. The number of aliphatic imine (C=N–C) groups is 1. The summed E-state index contributed by atoms with van der Waals surface area (Å²) in [6, 6.07) is 16.3. The zero-order chi connectivity index (χ0) is 22.7. The van der Waals surface area contributed by atoms with E-state index in [0.717, 1.165) is 42.0 Å². The molecule has 6 rings (SSSR count). The van der Waals surface area contributed by atoms with Crippen LogP contribution in [0.1, 0.15) is 44.2 Å². The summed E-state index contributed by atoms with van der Waals surface area (Å²) in [4.78, 5) is 5.03. The third-order valence-corrected chi connectivity index (χ3v) is 7.59. The Labute approximate surface area is 207 Å². The minimum absolute atomic E-state index is 0.178. The third-order valence-electron chi connectivity index (χ3n) is 6.92. The van der Waals surface area contributed by atoms with Crippen molar-refractivity contribution in [2.24, 2.45) is 4.99 Å². The number of hydrogen-bond donors (Lipinski definition) is 1. The molecule has 0 radical (unpaired) electrons. The first-order valence-corrected chi connectivity index (χ1v) is 12.4. The Balaban J connectivity index is 1.38. The maximum Gasteiger partial charge on any atom is 0.138 e. The highest BCUT2D eigenvalue weighted by atomic mass is 127. The molecule has 3 aromatic carbocycles. The average molecular weight is 545 g/mol. The molecule has 0 saturated carbocycles. The number of aromatic hydroxyl groups is 1. The summed E-state index contributed by atoms with van der Waals surface area (Å²) in [5.74, 6) is 1.87. The van der Waals surface area contributed by atoms with Gasteiger partial charge in [-0.2, -0.15) is 0 Å². The molecule has 0 amide bonds. The first kappa shape index (κ1) is 20.7. The molecular weight excluding hydrogens is 521 g/mol. The Morgan fingerprint density at radius 2 is 1.91 bits per heavy atom. The molecule has 3 nitrogen and oxygen atoms in total. The monoisotopic (exact) mass is 545 g/mol. The Hall–Kier alpha value is -2.86. The number of ether oxygens (including phenoxy) is 1. The molecule has 33 heavy (non-hydrogen) atoms. The number of nitrogens with zero attached hydrogens (tertiary/aromatic N) is 1. The van der Waals surface area contributed by atoms with Crippen LogP contribution in [0, 0.1) is 3.57 Å². The predicted octanol–water partition coefficient (Wildman–Crippen LogP) is 7.98. The van der Waals surface area contributed by atoms with Crippen molar-refractivity contribution in [3.05, 3.63) is 92.3 Å². The summed E-state index contributed by atoms with van der Waals surface area (Å²) in [5.41, 5.74) is 6.70. The van der Waals surface area contributed by atoms with Crippen LogP contribution in [0.15, 0.2) is 82.6 Å². The minimum Gasteiger partial charge on any atom is -0.508 e. The van der Waals surface area contributed by atoms with Crippen LogP contribution in [0.4, 0.5) is 5.69 Å². The van der Waals surface area contributed by atoms with Gasteiger partial charge in [-0.05, 0) is 112 Å². The number of hydrogen-bond acceptors (Lipinski definition) is 3. The van der Waals surface area contributed by atoms with Gasteiger partial charge >= 0.3 is 0 Å². The van der Waals surface area contributed by atoms with Crippen LogP contribution < -0.4 is 4.74 Å². The quantitative estimate of drug-likeness (QED) is 0.332. The van der Waals surface area contributed by atoms with Gasteiger partial charge in [0, 0.05) is 20.6 Å². The molecule has 164 valence electrons. The fraction of sp³-hybridized carbons (Fsp3) is 0.207. The number of halogens is 1. The zero-order valence-electron chi connectivity index (χ0n) is 18.7. The average Bonchev–Trinajstić information content (AvgIpc) is 3.06. The first-order valence-electron chi connectivity index (χ1n) is 11.3. The smallest absolute Gasteiger partial charge is 0.138 e. The lowest BCUT2D eigenvalue weighted by atomic mass is 9.78. The number of allylic oxidation sites excluding steroid dienone is 4. The minimum atomic E-state index is -0.178. The molecule has 2 heterocycles. The van der Waals surface area contributed by atoms with Gasteiger partial charge in [0.05, 0.1) is 11.4 Å². The van der Waals surface area contributed by atoms with Crippen molar-refractivity contribution in [1.82, 2.24) is 0 Å². The van der Waals surface area contributed by atoms with Gasteiger partial charge in [0.1, 0.15) is 17.3 Å². The number of phenols is 1. The Morgan fingerprint density at radius 1 is 1.03 bits per heavy atom. The molecule has 4 heteroatoms. The van der Waals surface area contributed by atoms with Crippen molar-refractivity contribution in [2.45, 2.75) is 38.5 Å². The molecule has 1 N–H and O–H groups in total. The van der Waals surface area contributed by atoms with Crippen LogP contribution in [0.25, 0.3) is 16.8 Å². The molecule has 2 aliphatic heterocycles. The summed E-state index contributed by atoms with van der Waals surface area (Å²) >= 11 is 2.37. The summed E-state index contributed by atoms with van der Waals surface area (Å²) in [6.45, 7) is 4.53. The second kappa shape index (κ2) is 7.59. The fourth-order valence-electron chi connectivity index (χ4n) is 5.22. The van der Waals surface area contributed by atoms with E-state index in [1.807, 2.05) is 6.07 Å². The molecule has 0 saturated heterocycles. The number of benzene rings is 3. The van der Waals surface area contributed by atoms with E-state index in [4.69, 9.17) is 9.73 Å². The maximum absolute atomic E-state index is 9.88. The SMILES string of the molecule is CC1(C)C(/C=C/C2=C3Oc4cc(O)ccc4C=C3CCC2)=Nc2ccc3cc(I)ccc3c21. The van der Waals surface area contributed by atoms with E-state index in [1.54, 1.807) is 12.1 Å². The molecule has 0 spiro atoms. The van der Waals surface area contributed by atoms with E-state index in [0.29, 0.717) is 5.75 Å². The number of fused-ring (bicyclic) bond motifs is 5. The maximum atomic E-state index is 9.88. The molecule has 1 aliphatic carbocycles. The van der Waals surface area contributed by atoms with Crippen LogP contribution in [0.2, 0.25) is 0 Å². The Kier molecular flexibility index (Phi) is 4.77. The highest BCUT2D eigenvalue weighted by Crippen LogP contribution is 2.45. The molecule has 0 bridgehead atoms. The van der Waals surface area contributed by atoms with Crippen LogP contribution >= 0.6 is 22.6 Å².